The molecule has 432 valence electrons. The number of nitrogens with zero attached hydrogens (tertiary/aromatic N) is 1. The predicted octanol–water partition coefficient (Wildman–Crippen LogP) is 9.68. The van der Waals surface area contributed by atoms with Gasteiger partial charge < -0.3 is 54.7 Å². The maximum Gasteiger partial charge on any atom is 0.254 e. The smallest absolute Gasteiger partial charge is 0.254 e. The fraction of sp³-hybridized carbons (Fsp3) is 0.522. The molecule has 0 bridgehead atoms. The molecule has 4 aromatic carbocycles. The van der Waals surface area contributed by atoms with Crippen LogP contribution >= 0.6 is 0 Å². The number of fused-ring (bicyclic) bond motifs is 3. The van der Waals surface area contributed by atoms with Gasteiger partial charge in [-0.15, -0.1) is 0 Å². The van der Waals surface area contributed by atoms with Gasteiger partial charge in [0.25, 0.3) is 11.8 Å². The lowest BCUT2D eigenvalue weighted by Crippen LogP contribution is -2.66. The van der Waals surface area contributed by atoms with Crippen LogP contribution in [0.5, 0.6) is 34.5 Å². The highest BCUT2D eigenvalue weighted by Gasteiger charge is 2.64. The fourth-order valence-corrected chi connectivity index (χ4v) is 17.9. The molecule has 6 aliphatic carbocycles. The molecule has 4 aliphatic heterocycles. The van der Waals surface area contributed by atoms with Crippen molar-refractivity contribution in [3.05, 3.63) is 111 Å². The molecule has 0 aromatic heterocycles. The van der Waals surface area contributed by atoms with Crippen LogP contribution in [-0.2, 0) is 27.8 Å². The number of amides is 2. The summed E-state index contributed by atoms with van der Waals surface area (Å²) in [4.78, 5) is 29.2. The van der Waals surface area contributed by atoms with Crippen molar-refractivity contribution < 1.29 is 53.7 Å². The zero-order chi connectivity index (χ0) is 56.2. The second-order valence-corrected chi connectivity index (χ2v) is 25.3. The average Bonchev–Trinajstić information content (AvgIpc) is 0.936. The van der Waals surface area contributed by atoms with Gasteiger partial charge in [-0.3, -0.25) is 19.8 Å². The van der Waals surface area contributed by atoms with Gasteiger partial charge in [-0.1, -0.05) is 68.2 Å². The van der Waals surface area contributed by atoms with Crippen molar-refractivity contribution in [1.29, 1.82) is 0 Å². The number of aliphatic hydroxyl groups excluding tert-OH is 3. The Balaban J connectivity index is 0.817. The lowest BCUT2D eigenvalue weighted by molar-refractivity contribution is -0.154. The summed E-state index contributed by atoms with van der Waals surface area (Å²) in [5, 5.41) is 59.7. The molecule has 4 heterocycles. The van der Waals surface area contributed by atoms with Crippen LogP contribution in [0.1, 0.15) is 153 Å². The van der Waals surface area contributed by atoms with Gasteiger partial charge in [0, 0.05) is 94.4 Å². The van der Waals surface area contributed by atoms with Crippen molar-refractivity contribution in [2.75, 3.05) is 52.4 Å². The van der Waals surface area contributed by atoms with Crippen molar-refractivity contribution in [2.24, 2.45) is 29.6 Å². The molecule has 14 rings (SSSR count). The van der Waals surface area contributed by atoms with Crippen LogP contribution in [-0.4, -0.2) is 102 Å². The molecule has 4 fully saturated rings. The van der Waals surface area contributed by atoms with E-state index in [1.54, 1.807) is 17.0 Å². The molecule has 0 spiro atoms. The third-order valence-corrected chi connectivity index (χ3v) is 21.4. The first-order valence-electron chi connectivity index (χ1n) is 30.5. The number of rotatable bonds is 15. The molecule has 10 aliphatic rings. The number of piperidine rings is 1. The van der Waals surface area contributed by atoms with E-state index < -0.39 is 40.8 Å². The first kappa shape index (κ1) is 53.6. The number of benzene rings is 4. The second-order valence-electron chi connectivity index (χ2n) is 25.3. The van der Waals surface area contributed by atoms with Crippen molar-refractivity contribution in [3.8, 4) is 45.6 Å². The Labute approximate surface area is 480 Å². The van der Waals surface area contributed by atoms with E-state index in [9.17, 15) is 30.0 Å². The molecular formula is C67H78N4O11. The number of phenols is 1. The standard InChI is InChI=1S/C67H78N4O11/c1-37-13-16-41-12-5-8-27-66(41,70-37)82-52-33-50(79-29-28-68-2)44-19-20-45-57-49(69-64(77)60(52)59(44)57)32-51-58(45)62(75)46(36-81-51)40-30-53(78-3)63(76)54(31-40)80-35-43(34-72)67-42-17-14-38-10-9-11-39(61(38)67)15-21-48(67)47(22-18-42)65(25-6-4-7-26-65)71-55(73)23-24-56(71)74/h9-11,14-15,17,21,23-24,30-33,37,41-43,46-48,62,64,68-70,72,75-77H,4-8,12-13,16,18-20,22,25-29,34-36H2,1-3H3/t37-,41-,42+,43+,46+,47+,48-,62+,64+,66+,67+/m1/s1. The number of likely N-dealkylation sites (N-methyl/N-ethyl adjacent to an activating group) is 1. The van der Waals surface area contributed by atoms with Gasteiger partial charge in [-0.05, 0) is 136 Å². The number of phenolic OH excluding ortho intramolecular Hbond substituents is 1. The number of anilines is 1. The number of nitrogens with one attached hydrogen (secondary N) is 3. The van der Waals surface area contributed by atoms with Crippen LogP contribution in [0.25, 0.3) is 23.3 Å². The molecule has 4 aromatic rings. The number of methoxy groups -OCH3 is 1. The highest BCUT2D eigenvalue weighted by Crippen LogP contribution is 2.65. The number of aromatic hydroxyl groups is 1. The summed E-state index contributed by atoms with van der Waals surface area (Å²) in [5.74, 6) is 0.470. The molecule has 15 nitrogen and oxygen atoms in total. The van der Waals surface area contributed by atoms with E-state index in [1.165, 1.54) is 19.3 Å². The lowest BCUT2D eigenvalue weighted by atomic mass is 9.43. The van der Waals surface area contributed by atoms with Gasteiger partial charge in [-0.25, -0.2) is 0 Å². The normalized spacial score (nSPS) is 30.7. The van der Waals surface area contributed by atoms with Gasteiger partial charge in [0.15, 0.2) is 23.5 Å². The van der Waals surface area contributed by atoms with Crippen molar-refractivity contribution in [1.82, 2.24) is 15.5 Å². The zero-order valence-electron chi connectivity index (χ0n) is 47.4. The quantitative estimate of drug-likeness (QED) is 0.0438. The van der Waals surface area contributed by atoms with E-state index in [2.05, 4.69) is 65.4 Å². The number of aliphatic hydroxyl groups is 3. The Morgan fingerprint density at radius 2 is 1.59 bits per heavy atom. The Morgan fingerprint density at radius 3 is 2.37 bits per heavy atom. The van der Waals surface area contributed by atoms with E-state index in [4.69, 9.17) is 23.7 Å². The Morgan fingerprint density at radius 1 is 0.817 bits per heavy atom. The molecule has 2 amide bonds. The number of carbonyl (C=O) groups is 2. The highest BCUT2D eigenvalue weighted by atomic mass is 16.5. The largest absolute Gasteiger partial charge is 0.502 e. The molecular weight excluding hydrogens is 1040 g/mol. The van der Waals surface area contributed by atoms with Gasteiger partial charge in [0.2, 0.25) is 5.75 Å². The van der Waals surface area contributed by atoms with Gasteiger partial charge in [-0.2, -0.15) is 0 Å². The van der Waals surface area contributed by atoms with Gasteiger partial charge in [0.05, 0.1) is 44.1 Å². The van der Waals surface area contributed by atoms with E-state index in [0.29, 0.717) is 65.8 Å². The summed E-state index contributed by atoms with van der Waals surface area (Å²) in [5.41, 5.74) is 7.76. The van der Waals surface area contributed by atoms with E-state index in [1.807, 2.05) is 19.2 Å². The first-order valence-corrected chi connectivity index (χ1v) is 30.5. The molecule has 0 radical (unpaired) electrons. The maximum absolute atomic E-state index is 13.8. The zero-order valence-corrected chi connectivity index (χ0v) is 47.4. The van der Waals surface area contributed by atoms with E-state index in [0.717, 1.165) is 128 Å². The van der Waals surface area contributed by atoms with Crippen LogP contribution < -0.4 is 39.6 Å². The van der Waals surface area contributed by atoms with Crippen LogP contribution in [0.15, 0.2) is 66.8 Å². The van der Waals surface area contributed by atoms with E-state index >= 15 is 0 Å². The highest BCUT2D eigenvalue weighted by molar-refractivity contribution is 6.13. The van der Waals surface area contributed by atoms with Gasteiger partial charge in [0.1, 0.15) is 23.9 Å². The van der Waals surface area contributed by atoms with Crippen LogP contribution in [0, 0.1) is 29.6 Å². The topological polar surface area (TPSA) is 201 Å². The maximum atomic E-state index is 13.8. The fourth-order valence-electron chi connectivity index (χ4n) is 17.9. The average molecular weight is 1120 g/mol. The Bertz CT molecular complexity index is 3310. The van der Waals surface area contributed by atoms with Crippen molar-refractivity contribution in [3.63, 3.8) is 0 Å². The van der Waals surface area contributed by atoms with E-state index in [-0.39, 0.29) is 72.7 Å². The molecule has 3 saturated carbocycles. The summed E-state index contributed by atoms with van der Waals surface area (Å²) in [6.07, 6.45) is 23.2. The minimum absolute atomic E-state index is 0.00693. The first-order chi connectivity index (χ1) is 39.9. The van der Waals surface area contributed by atoms with Crippen molar-refractivity contribution in [2.45, 2.75) is 144 Å². The summed E-state index contributed by atoms with van der Waals surface area (Å²) in [6, 6.07) is 14.1. The molecule has 11 atom stereocenters. The number of ether oxygens (including phenoxy) is 5. The summed E-state index contributed by atoms with van der Waals surface area (Å²) in [7, 11) is 3.40. The molecule has 0 unspecified atom stereocenters. The summed E-state index contributed by atoms with van der Waals surface area (Å²) >= 11 is 0. The van der Waals surface area contributed by atoms with Gasteiger partial charge >= 0.3 is 0 Å². The van der Waals surface area contributed by atoms with Crippen LogP contribution in [0.2, 0.25) is 0 Å². The number of carbonyl (C=O) groups excluding carboxylic acids is 2. The summed E-state index contributed by atoms with van der Waals surface area (Å²) in [6.45, 7) is 3.22. The monoisotopic (exact) mass is 1110 g/mol. The molecule has 1 saturated heterocycles. The Hall–Kier alpha value is -6.36. The molecule has 15 heteroatoms. The lowest BCUT2D eigenvalue weighted by Gasteiger charge is -2.63. The minimum atomic E-state index is -1.08. The second kappa shape index (κ2) is 20.8. The number of imide groups is 1. The number of hydrogen-bond acceptors (Lipinski definition) is 14. The van der Waals surface area contributed by atoms with Crippen molar-refractivity contribution >= 4 is 29.7 Å². The summed E-state index contributed by atoms with van der Waals surface area (Å²) < 4.78 is 33.4. The third-order valence-electron chi connectivity index (χ3n) is 21.4. The van der Waals surface area contributed by atoms with Crippen LogP contribution in [0.4, 0.5) is 5.69 Å². The minimum Gasteiger partial charge on any atom is -0.502 e. The predicted molar refractivity (Wildman–Crippen MR) is 311 cm³/mol. The molecule has 82 heavy (non-hydrogen) atoms. The third kappa shape index (κ3) is 8.13. The number of hydrogen-bond donors (Lipinski definition) is 7. The Kier molecular flexibility index (Phi) is 13.6. The molecule has 7 N–H and O–H groups in total. The SMILES string of the molecule is CNCCOc1cc(O[C@@]23CCCC[C@@H]2CC[C@@H](C)N3)c2c3c1CCc1c-3c(cc3c1[C@@H](O)[C@H](c1cc(OC)c(O)c(OC[C@H](CO)[C@@]45c6c7cccc6C=C[C@H]4CC[C@H](C4(N6C(=O)C=CC6=O)CCCCC4)[C@H]5C=C7)c1)CO3)N[C@H]2O. The van der Waals surface area contributed by atoms with Crippen LogP contribution in [0.3, 0.4) is 0 Å². The number of allylic oxidation sites excluding steroid dienone is 2.